The molecule has 2 rings (SSSR count). The van der Waals surface area contributed by atoms with E-state index in [0.29, 0.717) is 24.4 Å². The van der Waals surface area contributed by atoms with E-state index in [1.165, 1.54) is 7.11 Å². The highest BCUT2D eigenvalue weighted by molar-refractivity contribution is 5.90. The molecule has 0 unspecified atom stereocenters. The van der Waals surface area contributed by atoms with Gasteiger partial charge in [-0.05, 0) is 25.1 Å². The number of ether oxygens (including phenoxy) is 1. The second kappa shape index (κ2) is 6.79. The number of furan rings is 1. The normalized spacial score (nSPS) is 10.2. The zero-order valence-corrected chi connectivity index (χ0v) is 12.3. The molecular weight excluding hydrogens is 266 g/mol. The molecule has 1 aromatic carbocycles. The zero-order valence-electron chi connectivity index (χ0n) is 12.3. The van der Waals surface area contributed by atoms with Crippen LogP contribution in [-0.2, 0) is 11.3 Å². The van der Waals surface area contributed by atoms with Crippen LogP contribution in [0.2, 0.25) is 0 Å². The van der Waals surface area contributed by atoms with Gasteiger partial charge in [-0.2, -0.15) is 0 Å². The molecule has 0 saturated carbocycles. The van der Waals surface area contributed by atoms with E-state index in [4.69, 9.17) is 9.15 Å². The Kier molecular flexibility index (Phi) is 4.82. The van der Waals surface area contributed by atoms with Crippen molar-refractivity contribution in [3.05, 3.63) is 66.1 Å². The summed E-state index contributed by atoms with van der Waals surface area (Å²) in [5, 5.41) is 0. The van der Waals surface area contributed by atoms with Crippen LogP contribution < -0.4 is 4.90 Å². The molecule has 1 heterocycles. The van der Waals surface area contributed by atoms with Crippen molar-refractivity contribution in [3.63, 3.8) is 0 Å². The van der Waals surface area contributed by atoms with Crippen molar-refractivity contribution in [1.82, 2.24) is 0 Å². The highest BCUT2D eigenvalue weighted by atomic mass is 16.5. The number of hydrogen-bond donors (Lipinski definition) is 0. The summed E-state index contributed by atoms with van der Waals surface area (Å²) in [5.41, 5.74) is 1.55. The summed E-state index contributed by atoms with van der Waals surface area (Å²) in [7, 11) is 1.36. The van der Waals surface area contributed by atoms with Gasteiger partial charge >= 0.3 is 5.97 Å². The Balaban J connectivity index is 2.22. The minimum absolute atomic E-state index is 0.377. The predicted molar refractivity (Wildman–Crippen MR) is 82.5 cm³/mol. The van der Waals surface area contributed by atoms with Gasteiger partial charge < -0.3 is 14.1 Å². The molecular formula is C17H19NO3. The van der Waals surface area contributed by atoms with E-state index in [9.17, 15) is 4.79 Å². The Morgan fingerprint density at radius 2 is 2.10 bits per heavy atom. The van der Waals surface area contributed by atoms with Crippen molar-refractivity contribution in [3.8, 4) is 0 Å². The second-order valence-electron chi connectivity index (χ2n) is 4.68. The Hall–Kier alpha value is -2.49. The van der Waals surface area contributed by atoms with Crippen LogP contribution in [0.4, 0.5) is 5.69 Å². The van der Waals surface area contributed by atoms with Crippen LogP contribution in [-0.4, -0.2) is 19.6 Å². The fraction of sp³-hybridized carbons (Fsp3) is 0.235. The number of carbonyl (C=O) groups is 1. The van der Waals surface area contributed by atoms with Gasteiger partial charge in [0, 0.05) is 12.2 Å². The van der Waals surface area contributed by atoms with Crippen LogP contribution in [0.25, 0.3) is 0 Å². The van der Waals surface area contributed by atoms with Gasteiger partial charge in [-0.1, -0.05) is 24.3 Å². The first-order valence-electron chi connectivity index (χ1n) is 6.74. The van der Waals surface area contributed by atoms with Crippen molar-refractivity contribution in [2.24, 2.45) is 0 Å². The number of rotatable bonds is 6. The van der Waals surface area contributed by atoms with E-state index < -0.39 is 0 Å². The fourth-order valence-electron chi connectivity index (χ4n) is 2.18. The number of carbonyl (C=O) groups excluding carboxylic acids is 1. The number of benzene rings is 1. The lowest BCUT2D eigenvalue weighted by molar-refractivity contribution is 0.0599. The molecule has 0 saturated heterocycles. The maximum absolute atomic E-state index is 11.6. The van der Waals surface area contributed by atoms with E-state index in [1.54, 1.807) is 13.0 Å². The number of para-hydroxylation sites is 1. The second-order valence-corrected chi connectivity index (χ2v) is 4.68. The topological polar surface area (TPSA) is 42.7 Å². The van der Waals surface area contributed by atoms with E-state index in [2.05, 4.69) is 11.5 Å². The lowest BCUT2D eigenvalue weighted by Crippen LogP contribution is -2.22. The largest absolute Gasteiger partial charge is 0.465 e. The molecule has 0 spiro atoms. The molecule has 0 amide bonds. The maximum atomic E-state index is 11.6. The lowest BCUT2D eigenvalue weighted by atomic mass is 10.2. The molecule has 0 radical (unpaired) electrons. The molecule has 4 nitrogen and oxygen atoms in total. The summed E-state index contributed by atoms with van der Waals surface area (Å²) < 4.78 is 10.4. The minimum Gasteiger partial charge on any atom is -0.465 e. The van der Waals surface area contributed by atoms with Crippen LogP contribution in [0.1, 0.15) is 21.9 Å². The summed E-state index contributed by atoms with van der Waals surface area (Å²) in [5.74, 6) is 0.916. The predicted octanol–water partition coefficient (Wildman–Crippen LogP) is 3.57. The highest BCUT2D eigenvalue weighted by Crippen LogP contribution is 2.21. The maximum Gasteiger partial charge on any atom is 0.341 e. The third-order valence-corrected chi connectivity index (χ3v) is 3.19. The van der Waals surface area contributed by atoms with Crippen LogP contribution >= 0.6 is 0 Å². The van der Waals surface area contributed by atoms with Gasteiger partial charge in [0.1, 0.15) is 17.1 Å². The molecule has 0 fully saturated rings. The number of methoxy groups -OCH3 is 1. The zero-order chi connectivity index (χ0) is 15.2. The Morgan fingerprint density at radius 1 is 1.38 bits per heavy atom. The molecule has 0 aliphatic carbocycles. The van der Waals surface area contributed by atoms with Crippen molar-refractivity contribution in [2.45, 2.75) is 13.5 Å². The van der Waals surface area contributed by atoms with Crippen LogP contribution in [0.3, 0.4) is 0 Å². The summed E-state index contributed by atoms with van der Waals surface area (Å²) in [6.07, 6.45) is 1.84. The number of hydrogen-bond acceptors (Lipinski definition) is 4. The molecule has 0 aliphatic rings. The number of nitrogens with zero attached hydrogens (tertiary/aromatic N) is 1. The average Bonchev–Trinajstić information content (AvgIpc) is 2.87. The van der Waals surface area contributed by atoms with Crippen LogP contribution in [0.5, 0.6) is 0 Å². The Morgan fingerprint density at radius 3 is 2.71 bits per heavy atom. The summed E-state index contributed by atoms with van der Waals surface area (Å²) in [4.78, 5) is 13.7. The SMILES string of the molecule is C=CCN(Cc1cc(C(=O)OC)c(C)o1)c1ccccc1. The number of aryl methyl sites for hydroxylation is 1. The van der Waals surface area contributed by atoms with E-state index >= 15 is 0 Å². The standard InChI is InChI=1S/C17H19NO3/c1-4-10-18(14-8-6-5-7-9-14)12-15-11-16(13(2)21-15)17(19)20-3/h4-9,11H,1,10,12H2,2-3H3. The quantitative estimate of drug-likeness (QED) is 0.601. The lowest BCUT2D eigenvalue weighted by Gasteiger charge is -2.22. The van der Waals surface area contributed by atoms with Gasteiger partial charge in [0.25, 0.3) is 0 Å². The van der Waals surface area contributed by atoms with Crippen molar-refractivity contribution in [1.29, 1.82) is 0 Å². The number of esters is 1. The first-order valence-corrected chi connectivity index (χ1v) is 6.74. The molecule has 21 heavy (non-hydrogen) atoms. The van der Waals surface area contributed by atoms with Gasteiger partial charge in [0.05, 0.1) is 13.7 Å². The summed E-state index contributed by atoms with van der Waals surface area (Å²) >= 11 is 0. The molecule has 110 valence electrons. The van der Waals surface area contributed by atoms with E-state index in [0.717, 1.165) is 11.4 Å². The van der Waals surface area contributed by atoms with E-state index in [1.807, 2.05) is 36.4 Å². The van der Waals surface area contributed by atoms with Gasteiger partial charge in [0.15, 0.2) is 0 Å². The summed E-state index contributed by atoms with van der Waals surface area (Å²) in [6.45, 7) is 6.80. The molecule has 1 aromatic heterocycles. The Labute approximate surface area is 124 Å². The third-order valence-electron chi connectivity index (χ3n) is 3.19. The van der Waals surface area contributed by atoms with Crippen molar-refractivity contribution >= 4 is 11.7 Å². The van der Waals surface area contributed by atoms with Gasteiger partial charge in [-0.25, -0.2) is 4.79 Å². The van der Waals surface area contributed by atoms with Gasteiger partial charge in [-0.15, -0.1) is 6.58 Å². The molecule has 0 N–H and O–H groups in total. The molecule has 0 bridgehead atoms. The molecule has 2 aromatic rings. The first-order chi connectivity index (χ1) is 10.2. The molecule has 0 atom stereocenters. The third kappa shape index (κ3) is 3.54. The minimum atomic E-state index is -0.377. The summed E-state index contributed by atoms with van der Waals surface area (Å²) in [6, 6.07) is 11.7. The van der Waals surface area contributed by atoms with Crippen molar-refractivity contribution < 1.29 is 13.9 Å². The monoisotopic (exact) mass is 285 g/mol. The van der Waals surface area contributed by atoms with Gasteiger partial charge in [0.2, 0.25) is 0 Å². The van der Waals surface area contributed by atoms with Crippen molar-refractivity contribution in [2.75, 3.05) is 18.6 Å². The van der Waals surface area contributed by atoms with Crippen LogP contribution in [0.15, 0.2) is 53.5 Å². The smallest absolute Gasteiger partial charge is 0.341 e. The first kappa shape index (κ1) is 14.9. The fourth-order valence-corrected chi connectivity index (χ4v) is 2.18. The van der Waals surface area contributed by atoms with E-state index in [-0.39, 0.29) is 5.97 Å². The molecule has 4 heteroatoms. The molecule has 0 aliphatic heterocycles. The Bertz CT molecular complexity index is 616. The number of anilines is 1. The highest BCUT2D eigenvalue weighted by Gasteiger charge is 2.17. The van der Waals surface area contributed by atoms with Crippen LogP contribution in [0, 0.1) is 6.92 Å². The average molecular weight is 285 g/mol. The van der Waals surface area contributed by atoms with Gasteiger partial charge in [-0.3, -0.25) is 0 Å².